The fourth-order valence-corrected chi connectivity index (χ4v) is 4.79. The summed E-state index contributed by atoms with van der Waals surface area (Å²) in [5.74, 6) is -0.344. The van der Waals surface area contributed by atoms with Gasteiger partial charge < -0.3 is 33.7 Å². The van der Waals surface area contributed by atoms with Crippen LogP contribution < -0.4 is 5.32 Å². The van der Waals surface area contributed by atoms with E-state index < -0.39 is 0 Å². The van der Waals surface area contributed by atoms with Gasteiger partial charge in [-0.25, -0.2) is 4.79 Å². The number of rotatable bonds is 35. The minimum absolute atomic E-state index is 0.211. The van der Waals surface area contributed by atoms with Gasteiger partial charge in [0, 0.05) is 18.8 Å². The molecule has 0 aliphatic heterocycles. The van der Waals surface area contributed by atoms with E-state index in [2.05, 4.69) is 19.2 Å². The predicted octanol–water partition coefficient (Wildman–Crippen LogP) is 8.62. The maximum absolute atomic E-state index is 12.1. The van der Waals surface area contributed by atoms with Crippen LogP contribution in [0.5, 0.6) is 0 Å². The number of hydrogen-bond acceptors (Lipinski definition) is 8. The maximum Gasteiger partial charge on any atom is 0.338 e. The lowest BCUT2D eigenvalue weighted by atomic mass is 10.0. The van der Waals surface area contributed by atoms with E-state index >= 15 is 0 Å². The number of ether oxygens (including phenoxy) is 6. The Morgan fingerprint density at radius 3 is 1.29 bits per heavy atom. The zero-order chi connectivity index (χ0) is 32.3. The van der Waals surface area contributed by atoms with Gasteiger partial charge in [-0.05, 0) is 37.1 Å². The molecule has 8 heteroatoms. The van der Waals surface area contributed by atoms with Gasteiger partial charge in [-0.2, -0.15) is 0 Å². The van der Waals surface area contributed by atoms with Crippen molar-refractivity contribution in [2.24, 2.45) is 0 Å². The standard InChI is InChI=1S/C37H67NO7/c1-3-5-7-8-9-10-11-12-13-14-15-16-17-18-24-40-25-26-41-27-28-42-29-30-43-31-32-44-33-34-45-37(39)35-19-21-36(22-20-35)38-23-6-4-2/h19-22,38H,3-18,23-34H2,1-2H3. The molecule has 0 amide bonds. The molecule has 0 radical (unpaired) electrons. The van der Waals surface area contributed by atoms with Crippen molar-refractivity contribution in [2.75, 3.05) is 84.5 Å². The van der Waals surface area contributed by atoms with Gasteiger partial charge in [0.1, 0.15) is 6.61 Å². The van der Waals surface area contributed by atoms with Gasteiger partial charge in [-0.15, -0.1) is 0 Å². The lowest BCUT2D eigenvalue weighted by Crippen LogP contribution is -2.15. The first-order valence-corrected chi connectivity index (χ1v) is 18.2. The van der Waals surface area contributed by atoms with E-state index in [-0.39, 0.29) is 12.6 Å². The summed E-state index contributed by atoms with van der Waals surface area (Å²) in [6.07, 6.45) is 21.5. The van der Waals surface area contributed by atoms with Crippen LogP contribution in [-0.2, 0) is 28.4 Å². The minimum Gasteiger partial charge on any atom is -0.460 e. The average molecular weight is 638 g/mol. The molecule has 0 aromatic heterocycles. The fourth-order valence-electron chi connectivity index (χ4n) is 4.79. The number of unbranched alkanes of at least 4 members (excludes halogenated alkanes) is 14. The van der Waals surface area contributed by atoms with E-state index in [4.69, 9.17) is 28.4 Å². The molecule has 262 valence electrons. The Morgan fingerprint density at radius 1 is 0.467 bits per heavy atom. The normalized spacial score (nSPS) is 11.2. The summed E-state index contributed by atoms with van der Waals surface area (Å²) in [4.78, 5) is 12.1. The molecule has 0 aliphatic rings. The number of benzene rings is 1. The average Bonchev–Trinajstić information content (AvgIpc) is 3.06. The van der Waals surface area contributed by atoms with Crippen molar-refractivity contribution < 1.29 is 33.2 Å². The molecule has 0 saturated carbocycles. The van der Waals surface area contributed by atoms with Crippen molar-refractivity contribution in [2.45, 2.75) is 117 Å². The molecular formula is C37H67NO7. The Bertz CT molecular complexity index is 747. The van der Waals surface area contributed by atoms with E-state index in [1.54, 1.807) is 12.1 Å². The Labute approximate surface area is 275 Å². The molecule has 1 aromatic carbocycles. The van der Waals surface area contributed by atoms with E-state index in [9.17, 15) is 4.79 Å². The monoisotopic (exact) mass is 637 g/mol. The maximum atomic E-state index is 12.1. The van der Waals surface area contributed by atoms with Gasteiger partial charge in [0.2, 0.25) is 0 Å². The molecule has 0 saturated heterocycles. The zero-order valence-corrected chi connectivity index (χ0v) is 29.0. The second kappa shape index (κ2) is 33.6. The van der Waals surface area contributed by atoms with Crippen molar-refractivity contribution in [3.63, 3.8) is 0 Å². The van der Waals surface area contributed by atoms with E-state index in [0.717, 1.165) is 38.1 Å². The van der Waals surface area contributed by atoms with Gasteiger partial charge in [0.05, 0.1) is 65.0 Å². The highest BCUT2D eigenvalue weighted by Crippen LogP contribution is 2.13. The Balaban J connectivity index is 1.72. The quantitative estimate of drug-likeness (QED) is 0.0585. The Morgan fingerprint density at radius 2 is 0.844 bits per heavy atom. The van der Waals surface area contributed by atoms with E-state index in [1.165, 1.54) is 83.5 Å². The summed E-state index contributed by atoms with van der Waals surface area (Å²) in [6, 6.07) is 7.34. The molecular weight excluding hydrogens is 570 g/mol. The van der Waals surface area contributed by atoms with Crippen LogP contribution in [0.1, 0.15) is 127 Å². The topological polar surface area (TPSA) is 84.5 Å². The second-order valence-electron chi connectivity index (χ2n) is 11.7. The highest BCUT2D eigenvalue weighted by Gasteiger charge is 2.06. The summed E-state index contributed by atoms with van der Waals surface area (Å²) in [7, 11) is 0. The predicted molar refractivity (Wildman–Crippen MR) is 185 cm³/mol. The van der Waals surface area contributed by atoms with Crippen molar-refractivity contribution in [1.29, 1.82) is 0 Å². The Kier molecular flexibility index (Phi) is 30.9. The molecule has 0 bridgehead atoms. The minimum atomic E-state index is -0.344. The summed E-state index contributed by atoms with van der Waals surface area (Å²) >= 11 is 0. The molecule has 0 heterocycles. The van der Waals surface area contributed by atoms with Crippen molar-refractivity contribution in [3.05, 3.63) is 29.8 Å². The molecule has 45 heavy (non-hydrogen) atoms. The number of anilines is 1. The fraction of sp³-hybridized carbons (Fsp3) is 0.811. The van der Waals surface area contributed by atoms with Gasteiger partial charge in [0.15, 0.2) is 0 Å². The van der Waals surface area contributed by atoms with Gasteiger partial charge in [-0.3, -0.25) is 0 Å². The van der Waals surface area contributed by atoms with Crippen LogP contribution in [0.2, 0.25) is 0 Å². The summed E-state index contributed by atoms with van der Waals surface area (Å²) in [6.45, 7) is 11.0. The van der Waals surface area contributed by atoms with Crippen molar-refractivity contribution in [3.8, 4) is 0 Å². The number of esters is 1. The Hall–Kier alpha value is -1.71. The first-order valence-electron chi connectivity index (χ1n) is 18.2. The molecule has 0 unspecified atom stereocenters. The third-order valence-electron chi connectivity index (χ3n) is 7.57. The molecule has 1 aromatic rings. The smallest absolute Gasteiger partial charge is 0.338 e. The van der Waals surface area contributed by atoms with E-state index in [1.807, 2.05) is 12.1 Å². The summed E-state index contributed by atoms with van der Waals surface area (Å²) in [5, 5.41) is 3.33. The second-order valence-corrected chi connectivity index (χ2v) is 11.7. The van der Waals surface area contributed by atoms with Crippen LogP contribution in [0.3, 0.4) is 0 Å². The van der Waals surface area contributed by atoms with Crippen LogP contribution >= 0.6 is 0 Å². The number of nitrogens with one attached hydrogen (secondary N) is 1. The molecule has 0 aliphatic carbocycles. The lowest BCUT2D eigenvalue weighted by Gasteiger charge is -2.09. The lowest BCUT2D eigenvalue weighted by molar-refractivity contribution is -0.0153. The largest absolute Gasteiger partial charge is 0.460 e. The molecule has 0 spiro atoms. The summed E-state index contributed by atoms with van der Waals surface area (Å²) < 4.78 is 33.0. The first kappa shape index (κ1) is 41.3. The highest BCUT2D eigenvalue weighted by molar-refractivity contribution is 5.89. The molecule has 1 N–H and O–H groups in total. The third kappa shape index (κ3) is 28.3. The number of carbonyl (C=O) groups is 1. The molecule has 8 nitrogen and oxygen atoms in total. The molecule has 1 rings (SSSR count). The van der Waals surface area contributed by atoms with Gasteiger partial charge in [0.25, 0.3) is 0 Å². The molecule has 0 atom stereocenters. The highest BCUT2D eigenvalue weighted by atomic mass is 16.6. The number of carbonyl (C=O) groups excluding carboxylic acids is 1. The van der Waals surface area contributed by atoms with Gasteiger partial charge >= 0.3 is 5.97 Å². The van der Waals surface area contributed by atoms with Gasteiger partial charge in [-0.1, -0.05) is 104 Å². The van der Waals surface area contributed by atoms with Crippen LogP contribution in [0.15, 0.2) is 24.3 Å². The number of hydrogen-bond donors (Lipinski definition) is 1. The van der Waals surface area contributed by atoms with Crippen LogP contribution in [-0.4, -0.2) is 85.2 Å². The zero-order valence-electron chi connectivity index (χ0n) is 29.0. The molecule has 0 fully saturated rings. The van der Waals surface area contributed by atoms with Crippen LogP contribution in [0, 0.1) is 0 Å². The van der Waals surface area contributed by atoms with E-state index in [0.29, 0.717) is 65.0 Å². The third-order valence-corrected chi connectivity index (χ3v) is 7.57. The van der Waals surface area contributed by atoms with Crippen molar-refractivity contribution >= 4 is 11.7 Å². The SMILES string of the molecule is CCCCCCCCCCCCCCCCOCCOCCOCCOCCOCCOC(=O)c1ccc(NCCCC)cc1. The summed E-state index contributed by atoms with van der Waals surface area (Å²) in [5.41, 5.74) is 1.54. The van der Waals surface area contributed by atoms with Crippen LogP contribution in [0.25, 0.3) is 0 Å². The van der Waals surface area contributed by atoms with Crippen molar-refractivity contribution in [1.82, 2.24) is 0 Å². The van der Waals surface area contributed by atoms with Crippen LogP contribution in [0.4, 0.5) is 5.69 Å². The first-order chi connectivity index (χ1) is 22.3.